The molecule has 7 heteroatoms. The molecule has 0 radical (unpaired) electrons. The van der Waals surface area contributed by atoms with Crippen molar-refractivity contribution in [3.05, 3.63) is 18.5 Å². The number of hydrogen-bond donors (Lipinski definition) is 4. The molecule has 4 N–H and O–H groups in total. The Balaban J connectivity index is 1.73. The van der Waals surface area contributed by atoms with Crippen LogP contribution in [0.2, 0.25) is 0 Å². The topological polar surface area (TPSA) is 99.3 Å². The fraction of sp³-hybridized carbons (Fsp3) is 0.429. The zero-order chi connectivity index (χ0) is 14.4. The number of carbonyl (C=O) groups excluding carboxylic acids is 1. The molecule has 0 aromatic carbocycles. The normalized spacial score (nSPS) is 28.2. The molecule has 0 unspecified atom stereocenters. The predicted molar refractivity (Wildman–Crippen MR) is 77.1 cm³/mol. The average molecular weight is 288 g/mol. The molecule has 4 rings (SSSR count). The van der Waals surface area contributed by atoms with Gasteiger partial charge in [-0.15, -0.1) is 0 Å². The van der Waals surface area contributed by atoms with Crippen LogP contribution < -0.4 is 10.6 Å². The van der Waals surface area contributed by atoms with Crippen LogP contribution in [0, 0.1) is 0 Å². The van der Waals surface area contributed by atoms with Crippen LogP contribution in [0.15, 0.2) is 18.5 Å². The van der Waals surface area contributed by atoms with Crippen molar-refractivity contribution in [3.63, 3.8) is 0 Å². The average Bonchev–Trinajstić information content (AvgIpc) is 2.98. The van der Waals surface area contributed by atoms with E-state index in [1.165, 1.54) is 0 Å². The van der Waals surface area contributed by atoms with E-state index in [-0.39, 0.29) is 25.2 Å². The third-order valence-electron chi connectivity index (χ3n) is 4.30. The van der Waals surface area contributed by atoms with Gasteiger partial charge in [0.1, 0.15) is 11.2 Å². The molecule has 4 heterocycles. The molecule has 1 amide bonds. The second-order valence-corrected chi connectivity index (χ2v) is 5.60. The number of rotatable bonds is 1. The Labute approximate surface area is 120 Å². The Kier molecular flexibility index (Phi) is 2.66. The molecule has 0 bridgehead atoms. The van der Waals surface area contributed by atoms with Gasteiger partial charge in [-0.05, 0) is 18.9 Å². The highest BCUT2D eigenvalue weighted by molar-refractivity contribution is 6.11. The Hall–Kier alpha value is -2.12. The summed E-state index contributed by atoms with van der Waals surface area (Å²) in [4.78, 5) is 19.8. The van der Waals surface area contributed by atoms with E-state index in [2.05, 4.69) is 20.6 Å². The summed E-state index contributed by atoms with van der Waals surface area (Å²) in [6.45, 7) is 0.234. The van der Waals surface area contributed by atoms with Gasteiger partial charge in [-0.3, -0.25) is 4.79 Å². The molecule has 0 saturated carbocycles. The first kappa shape index (κ1) is 12.6. The fourth-order valence-electron chi connectivity index (χ4n) is 3.02. The van der Waals surface area contributed by atoms with Crippen molar-refractivity contribution in [1.82, 2.24) is 9.97 Å². The van der Waals surface area contributed by atoms with Crippen molar-refractivity contribution in [2.75, 3.05) is 23.8 Å². The number of pyridine rings is 1. The molecule has 1 fully saturated rings. The van der Waals surface area contributed by atoms with E-state index in [0.29, 0.717) is 18.5 Å². The zero-order valence-electron chi connectivity index (χ0n) is 11.3. The summed E-state index contributed by atoms with van der Waals surface area (Å²) >= 11 is 0. The third-order valence-corrected chi connectivity index (χ3v) is 4.30. The molecular formula is C14H16N4O3. The van der Waals surface area contributed by atoms with E-state index in [1.807, 2.05) is 12.3 Å². The van der Waals surface area contributed by atoms with Crippen LogP contribution in [0.4, 0.5) is 11.4 Å². The van der Waals surface area contributed by atoms with Crippen molar-refractivity contribution in [3.8, 4) is 0 Å². The quantitative estimate of drug-likeness (QED) is 0.623. The summed E-state index contributed by atoms with van der Waals surface area (Å²) in [5, 5.41) is 16.4. The summed E-state index contributed by atoms with van der Waals surface area (Å²) in [6.07, 6.45) is 4.55. The fourth-order valence-corrected chi connectivity index (χ4v) is 3.02. The van der Waals surface area contributed by atoms with E-state index < -0.39 is 5.54 Å². The van der Waals surface area contributed by atoms with E-state index in [4.69, 9.17) is 9.84 Å². The molecule has 1 saturated heterocycles. The van der Waals surface area contributed by atoms with Gasteiger partial charge in [0, 0.05) is 11.6 Å². The maximum absolute atomic E-state index is 12.5. The number of carbonyl (C=O) groups is 1. The summed E-state index contributed by atoms with van der Waals surface area (Å²) in [5.41, 5.74) is 1.55. The minimum atomic E-state index is -0.774. The first-order valence-corrected chi connectivity index (χ1v) is 7.00. The van der Waals surface area contributed by atoms with Crippen molar-refractivity contribution >= 4 is 28.3 Å². The predicted octanol–water partition coefficient (Wildman–Crippen LogP) is 0.837. The molecule has 2 aromatic heterocycles. The number of aliphatic hydroxyl groups is 1. The lowest BCUT2D eigenvalue weighted by Crippen LogP contribution is -2.59. The molecule has 1 spiro atoms. The van der Waals surface area contributed by atoms with Gasteiger partial charge in [-0.2, -0.15) is 0 Å². The van der Waals surface area contributed by atoms with Gasteiger partial charge in [0.15, 0.2) is 0 Å². The maximum atomic E-state index is 12.5. The number of amides is 1. The minimum Gasteiger partial charge on any atom is -0.394 e. The Morgan fingerprint density at radius 2 is 2.43 bits per heavy atom. The van der Waals surface area contributed by atoms with Crippen molar-refractivity contribution in [2.24, 2.45) is 0 Å². The van der Waals surface area contributed by atoms with Gasteiger partial charge in [0.05, 0.1) is 36.9 Å². The summed E-state index contributed by atoms with van der Waals surface area (Å²) in [5.74, 6) is -0.108. The van der Waals surface area contributed by atoms with Crippen molar-refractivity contribution in [2.45, 2.75) is 24.5 Å². The van der Waals surface area contributed by atoms with Gasteiger partial charge >= 0.3 is 0 Å². The molecule has 110 valence electrons. The lowest BCUT2D eigenvalue weighted by Gasteiger charge is -2.42. The zero-order valence-corrected chi connectivity index (χ0v) is 11.3. The van der Waals surface area contributed by atoms with Gasteiger partial charge in [-0.1, -0.05) is 0 Å². The molecule has 2 aromatic rings. The molecule has 7 nitrogen and oxygen atoms in total. The van der Waals surface area contributed by atoms with Crippen LogP contribution in [0.3, 0.4) is 0 Å². The summed E-state index contributed by atoms with van der Waals surface area (Å²) in [6, 6.07) is 1.93. The van der Waals surface area contributed by atoms with Crippen LogP contribution >= 0.6 is 0 Å². The van der Waals surface area contributed by atoms with Crippen LogP contribution in [-0.4, -0.2) is 45.8 Å². The maximum Gasteiger partial charge on any atom is 0.252 e. The third kappa shape index (κ3) is 1.81. The Bertz CT molecular complexity index is 703. The lowest BCUT2D eigenvalue weighted by atomic mass is 9.87. The number of ether oxygens (including phenoxy) is 1. The largest absolute Gasteiger partial charge is 0.394 e. The van der Waals surface area contributed by atoms with Gasteiger partial charge in [-0.25, -0.2) is 4.98 Å². The minimum absolute atomic E-state index is 0.0136. The number of aromatic nitrogens is 2. The van der Waals surface area contributed by atoms with E-state index in [1.54, 1.807) is 6.20 Å². The van der Waals surface area contributed by atoms with E-state index >= 15 is 0 Å². The number of nitrogens with zero attached hydrogens (tertiary/aromatic N) is 1. The Morgan fingerprint density at radius 1 is 1.52 bits per heavy atom. The first-order valence-electron chi connectivity index (χ1n) is 7.00. The lowest BCUT2D eigenvalue weighted by molar-refractivity contribution is -0.128. The standard InChI is InChI=1S/C14H16N4O3/c19-6-8-1-3-14(7-21-8)13(20)17-10-5-16-12-9(2-4-15-12)11(10)18-14/h2,4-5,8,18-19H,1,3,6-7H2,(H,15,16)(H,17,20)/t8-,14-/m0/s1. The smallest absolute Gasteiger partial charge is 0.252 e. The molecule has 2 aliphatic heterocycles. The number of fused-ring (bicyclic) bond motifs is 3. The van der Waals surface area contributed by atoms with Gasteiger partial charge in [0.25, 0.3) is 5.91 Å². The summed E-state index contributed by atoms with van der Waals surface area (Å²) in [7, 11) is 0. The van der Waals surface area contributed by atoms with Crippen LogP contribution in [0.5, 0.6) is 0 Å². The second-order valence-electron chi connectivity index (χ2n) is 5.60. The number of hydrogen-bond acceptors (Lipinski definition) is 5. The monoisotopic (exact) mass is 288 g/mol. The number of H-pyrrole nitrogens is 1. The van der Waals surface area contributed by atoms with Gasteiger partial charge in [0.2, 0.25) is 0 Å². The van der Waals surface area contributed by atoms with Crippen molar-refractivity contribution in [1.29, 1.82) is 0 Å². The molecule has 2 aliphatic rings. The van der Waals surface area contributed by atoms with Crippen LogP contribution in [0.1, 0.15) is 12.8 Å². The van der Waals surface area contributed by atoms with Crippen LogP contribution in [0.25, 0.3) is 11.0 Å². The van der Waals surface area contributed by atoms with Crippen molar-refractivity contribution < 1.29 is 14.6 Å². The molecule has 0 aliphatic carbocycles. The van der Waals surface area contributed by atoms with Gasteiger partial charge < -0.3 is 25.5 Å². The highest BCUT2D eigenvalue weighted by Gasteiger charge is 2.46. The molecular weight excluding hydrogens is 272 g/mol. The Morgan fingerprint density at radius 3 is 3.19 bits per heavy atom. The number of anilines is 2. The van der Waals surface area contributed by atoms with Crippen LogP contribution in [-0.2, 0) is 9.53 Å². The summed E-state index contributed by atoms with van der Waals surface area (Å²) < 4.78 is 5.60. The molecule has 21 heavy (non-hydrogen) atoms. The second kappa shape index (κ2) is 4.44. The van der Waals surface area contributed by atoms with E-state index in [0.717, 1.165) is 16.7 Å². The SMILES string of the molecule is O=C1Nc2cnc3[nH]ccc3c2N[C@]12CC[C@@H](CO)OC2. The molecule has 2 atom stereocenters. The first-order chi connectivity index (χ1) is 10.2. The number of aromatic amines is 1. The highest BCUT2D eigenvalue weighted by atomic mass is 16.5. The highest BCUT2D eigenvalue weighted by Crippen LogP contribution is 2.39. The van der Waals surface area contributed by atoms with E-state index in [9.17, 15) is 4.79 Å². The number of nitrogens with one attached hydrogen (secondary N) is 3. The number of aliphatic hydroxyl groups excluding tert-OH is 1.